The van der Waals surface area contributed by atoms with E-state index in [1.807, 2.05) is 16.8 Å². The van der Waals surface area contributed by atoms with Crippen molar-refractivity contribution in [1.82, 2.24) is 9.62 Å². The van der Waals surface area contributed by atoms with Crippen LogP contribution in [0.3, 0.4) is 0 Å². The van der Waals surface area contributed by atoms with Crippen molar-refractivity contribution >= 4 is 27.3 Å². The summed E-state index contributed by atoms with van der Waals surface area (Å²) in [6.07, 6.45) is 1.54. The molecule has 1 aliphatic rings. The van der Waals surface area contributed by atoms with Crippen molar-refractivity contribution in [2.45, 2.75) is 23.5 Å². The average Bonchev–Trinajstić information content (AvgIpc) is 3.38. The van der Waals surface area contributed by atoms with E-state index in [-0.39, 0.29) is 48.8 Å². The van der Waals surface area contributed by atoms with Crippen LogP contribution in [0.2, 0.25) is 0 Å². The second-order valence-corrected chi connectivity index (χ2v) is 9.95. The summed E-state index contributed by atoms with van der Waals surface area (Å²) in [5.74, 6) is 0.301. The number of aliphatic hydroxyl groups is 1. The summed E-state index contributed by atoms with van der Waals surface area (Å²) in [6, 6.07) is 8.02. The Balaban J connectivity index is 1.66. The molecule has 2 aromatic rings. The highest BCUT2D eigenvalue weighted by Crippen LogP contribution is 2.32. The number of likely N-dealkylation sites (N-methyl/N-ethyl adjacent to an activating group) is 1. The van der Waals surface area contributed by atoms with E-state index in [0.29, 0.717) is 12.2 Å². The number of nitrogens with zero attached hydrogens (tertiary/aromatic N) is 1. The third-order valence-corrected chi connectivity index (χ3v) is 7.78. The zero-order chi connectivity index (χ0) is 23.8. The maximum atomic E-state index is 13.0. The van der Waals surface area contributed by atoms with Gasteiger partial charge in [0.25, 0.3) is 5.91 Å². The molecule has 0 radical (unpaired) electrons. The van der Waals surface area contributed by atoms with Crippen molar-refractivity contribution in [2.24, 2.45) is 0 Å². The van der Waals surface area contributed by atoms with Gasteiger partial charge in [-0.05, 0) is 52.7 Å². The van der Waals surface area contributed by atoms with E-state index in [2.05, 4.69) is 5.32 Å². The standard InChI is InChI=1S/C22H28N2O7S2/c1-23-22(26)20-13-17(16-7-12-32-15-16)14-21(31-20)30-11-9-24(8-10-25)33(27,28)19-5-3-18(29-2)4-6-19/h3-7,12-13,15,17,21,25H,8-11,14H2,1-2H3,(H,23,26)/t17-,21+/m0/s1. The molecule has 0 fully saturated rings. The number of allylic oxidation sites excluding steroid dienone is 1. The molecule has 9 nitrogen and oxygen atoms in total. The van der Waals surface area contributed by atoms with Gasteiger partial charge in [0.2, 0.25) is 16.3 Å². The molecule has 3 rings (SSSR count). The maximum absolute atomic E-state index is 13.0. The highest BCUT2D eigenvalue weighted by molar-refractivity contribution is 7.89. The topological polar surface area (TPSA) is 114 Å². The lowest BCUT2D eigenvalue weighted by Gasteiger charge is -2.29. The summed E-state index contributed by atoms with van der Waals surface area (Å²) in [4.78, 5) is 12.2. The number of methoxy groups -OCH3 is 1. The number of amides is 1. The minimum absolute atomic E-state index is 0.0108. The Morgan fingerprint density at radius 3 is 2.64 bits per heavy atom. The van der Waals surface area contributed by atoms with Gasteiger partial charge in [0.1, 0.15) is 5.75 Å². The van der Waals surface area contributed by atoms with Crippen LogP contribution in [0.1, 0.15) is 17.9 Å². The Kier molecular flexibility index (Phi) is 8.87. The Labute approximate surface area is 197 Å². The number of hydrogen-bond donors (Lipinski definition) is 2. The fraction of sp³-hybridized carbons (Fsp3) is 0.409. The third-order valence-electron chi connectivity index (χ3n) is 5.17. The number of carbonyl (C=O) groups excluding carboxylic acids is 1. The summed E-state index contributed by atoms with van der Waals surface area (Å²) < 4.78 is 43.8. The van der Waals surface area contributed by atoms with Gasteiger partial charge in [0.05, 0.1) is 25.2 Å². The number of rotatable bonds is 11. The van der Waals surface area contributed by atoms with Crippen molar-refractivity contribution in [3.63, 3.8) is 0 Å². The predicted molar refractivity (Wildman–Crippen MR) is 123 cm³/mol. The number of aliphatic hydroxyl groups excluding tert-OH is 1. The molecular formula is C22H28N2O7S2. The minimum atomic E-state index is -3.84. The summed E-state index contributed by atoms with van der Waals surface area (Å²) >= 11 is 1.56. The molecule has 2 N–H and O–H groups in total. The Hall–Kier alpha value is -2.44. The van der Waals surface area contributed by atoms with Crippen LogP contribution in [0, 0.1) is 0 Å². The van der Waals surface area contributed by atoms with Gasteiger partial charge in [0, 0.05) is 32.5 Å². The van der Waals surface area contributed by atoms with Gasteiger partial charge in [-0.25, -0.2) is 8.42 Å². The predicted octanol–water partition coefficient (Wildman–Crippen LogP) is 1.92. The van der Waals surface area contributed by atoms with Gasteiger partial charge >= 0.3 is 0 Å². The molecule has 0 unspecified atom stereocenters. The highest BCUT2D eigenvalue weighted by Gasteiger charge is 2.30. The van der Waals surface area contributed by atoms with E-state index in [9.17, 15) is 18.3 Å². The zero-order valence-corrected chi connectivity index (χ0v) is 20.1. The fourth-order valence-electron chi connectivity index (χ4n) is 3.41. The summed E-state index contributed by atoms with van der Waals surface area (Å²) in [6.45, 7) is -0.377. The smallest absolute Gasteiger partial charge is 0.285 e. The van der Waals surface area contributed by atoms with Crippen LogP contribution < -0.4 is 10.1 Å². The van der Waals surface area contributed by atoms with E-state index in [4.69, 9.17) is 14.2 Å². The summed E-state index contributed by atoms with van der Waals surface area (Å²) in [7, 11) is -0.822. The van der Waals surface area contributed by atoms with E-state index >= 15 is 0 Å². The first-order chi connectivity index (χ1) is 15.9. The summed E-state index contributed by atoms with van der Waals surface area (Å²) in [5, 5.41) is 15.9. The molecule has 0 saturated carbocycles. The van der Waals surface area contributed by atoms with Crippen LogP contribution in [-0.2, 0) is 24.3 Å². The molecule has 0 saturated heterocycles. The molecule has 1 aromatic carbocycles. The van der Waals surface area contributed by atoms with Crippen LogP contribution in [0.15, 0.2) is 57.8 Å². The number of hydrogen-bond acceptors (Lipinski definition) is 8. The molecule has 11 heteroatoms. The van der Waals surface area contributed by atoms with E-state index in [0.717, 1.165) is 9.87 Å². The molecule has 0 bridgehead atoms. The van der Waals surface area contributed by atoms with Crippen molar-refractivity contribution < 1.29 is 32.5 Å². The number of nitrogens with one attached hydrogen (secondary N) is 1. The third kappa shape index (κ3) is 6.33. The Bertz CT molecular complexity index is 1040. The number of carbonyl (C=O) groups is 1. The second kappa shape index (κ2) is 11.6. The quantitative estimate of drug-likeness (QED) is 0.488. The lowest BCUT2D eigenvalue weighted by molar-refractivity contribution is -0.146. The monoisotopic (exact) mass is 496 g/mol. The molecule has 0 aliphatic carbocycles. The number of ether oxygens (including phenoxy) is 3. The first-order valence-corrected chi connectivity index (χ1v) is 12.8. The van der Waals surface area contributed by atoms with Crippen LogP contribution in [0.5, 0.6) is 5.75 Å². The Morgan fingerprint density at radius 1 is 1.27 bits per heavy atom. The fourth-order valence-corrected chi connectivity index (χ4v) is 5.55. The zero-order valence-electron chi connectivity index (χ0n) is 18.5. The highest BCUT2D eigenvalue weighted by atomic mass is 32.2. The SMILES string of the molecule is CNC(=O)C1=C[C@H](c2ccsc2)C[C@H](OCCN(CCO)S(=O)(=O)c2ccc(OC)cc2)O1. The van der Waals surface area contributed by atoms with Crippen LogP contribution in [0.4, 0.5) is 0 Å². The van der Waals surface area contributed by atoms with Crippen molar-refractivity contribution in [3.05, 3.63) is 58.5 Å². The lowest BCUT2D eigenvalue weighted by atomic mass is 9.95. The molecule has 0 spiro atoms. The van der Waals surface area contributed by atoms with Crippen LogP contribution in [0.25, 0.3) is 0 Å². The average molecular weight is 497 g/mol. The van der Waals surface area contributed by atoms with Gasteiger partial charge in [-0.15, -0.1) is 0 Å². The summed E-state index contributed by atoms with van der Waals surface area (Å²) in [5.41, 5.74) is 1.06. The van der Waals surface area contributed by atoms with Gasteiger partial charge in [-0.1, -0.05) is 0 Å². The van der Waals surface area contributed by atoms with Gasteiger partial charge in [-0.3, -0.25) is 4.79 Å². The van der Waals surface area contributed by atoms with Gasteiger partial charge in [-0.2, -0.15) is 15.6 Å². The molecular weight excluding hydrogens is 468 g/mol. The van der Waals surface area contributed by atoms with Crippen molar-refractivity contribution in [3.8, 4) is 5.75 Å². The van der Waals surface area contributed by atoms with Crippen molar-refractivity contribution in [2.75, 3.05) is 40.5 Å². The van der Waals surface area contributed by atoms with E-state index < -0.39 is 16.3 Å². The normalized spacial score (nSPS) is 18.5. The molecule has 2 heterocycles. The molecule has 2 atom stereocenters. The largest absolute Gasteiger partial charge is 0.497 e. The van der Waals surface area contributed by atoms with Gasteiger partial charge in [0.15, 0.2) is 5.76 Å². The first kappa shape index (κ1) is 25.2. The Morgan fingerprint density at radius 2 is 2.03 bits per heavy atom. The van der Waals surface area contributed by atoms with Gasteiger partial charge < -0.3 is 24.6 Å². The van der Waals surface area contributed by atoms with Crippen LogP contribution >= 0.6 is 11.3 Å². The molecule has 1 aliphatic heterocycles. The first-order valence-electron chi connectivity index (χ1n) is 10.4. The molecule has 1 aromatic heterocycles. The second-order valence-electron chi connectivity index (χ2n) is 7.23. The molecule has 1 amide bonds. The van der Waals surface area contributed by atoms with E-state index in [1.165, 1.54) is 26.3 Å². The van der Waals surface area contributed by atoms with E-state index in [1.54, 1.807) is 29.5 Å². The van der Waals surface area contributed by atoms with Crippen molar-refractivity contribution in [1.29, 1.82) is 0 Å². The number of thiophene rings is 1. The number of sulfonamides is 1. The minimum Gasteiger partial charge on any atom is -0.497 e. The molecule has 33 heavy (non-hydrogen) atoms. The maximum Gasteiger partial charge on any atom is 0.285 e. The molecule has 180 valence electrons. The number of benzene rings is 1. The van der Waals surface area contributed by atoms with Crippen LogP contribution in [-0.4, -0.2) is 70.5 Å². The lowest BCUT2D eigenvalue weighted by Crippen LogP contribution is -2.38.